The number of fused-ring (bicyclic) bond motifs is 1. The summed E-state index contributed by atoms with van der Waals surface area (Å²) in [5, 5.41) is 0. The first kappa shape index (κ1) is 21.4. The van der Waals surface area contributed by atoms with Gasteiger partial charge in [0.1, 0.15) is 10.7 Å². The summed E-state index contributed by atoms with van der Waals surface area (Å²) in [6.45, 7) is 0.463. The van der Waals surface area contributed by atoms with Crippen molar-refractivity contribution < 1.29 is 28.6 Å². The molecule has 156 valence electrons. The Labute approximate surface area is 178 Å². The van der Waals surface area contributed by atoms with Gasteiger partial charge in [-0.05, 0) is 18.2 Å². The molecule has 2 aromatic carbocycles. The van der Waals surface area contributed by atoms with Crippen molar-refractivity contribution in [1.82, 2.24) is 0 Å². The van der Waals surface area contributed by atoms with Crippen molar-refractivity contribution in [2.24, 2.45) is 0 Å². The Kier molecular flexibility index (Phi) is 7.13. The van der Waals surface area contributed by atoms with E-state index in [0.29, 0.717) is 24.5 Å². The van der Waals surface area contributed by atoms with Gasteiger partial charge in [0.05, 0.1) is 20.8 Å². The summed E-state index contributed by atoms with van der Waals surface area (Å²) in [6.07, 6.45) is 0.471. The zero-order valence-corrected chi connectivity index (χ0v) is 17.4. The second-order valence-electron chi connectivity index (χ2n) is 6.33. The number of nitrogens with zero attached hydrogens (tertiary/aromatic N) is 1. The van der Waals surface area contributed by atoms with E-state index in [0.717, 1.165) is 28.0 Å². The molecule has 1 atom stereocenters. The summed E-state index contributed by atoms with van der Waals surface area (Å²) >= 11 is 1.13. The number of esters is 2. The van der Waals surface area contributed by atoms with Crippen LogP contribution in [0.5, 0.6) is 5.75 Å². The Morgan fingerprint density at radius 2 is 1.73 bits per heavy atom. The average molecular weight is 427 g/mol. The van der Waals surface area contributed by atoms with Crippen LogP contribution in [0.25, 0.3) is 0 Å². The lowest BCUT2D eigenvalue weighted by molar-refractivity contribution is -0.139. The van der Waals surface area contributed by atoms with Crippen LogP contribution >= 0.6 is 11.8 Å². The van der Waals surface area contributed by atoms with Crippen molar-refractivity contribution in [2.75, 3.05) is 31.5 Å². The number of thioether (sulfide) groups is 1. The van der Waals surface area contributed by atoms with Gasteiger partial charge in [-0.1, -0.05) is 36.4 Å². The van der Waals surface area contributed by atoms with Crippen LogP contribution in [0.4, 0.5) is 5.69 Å². The maximum Gasteiger partial charge on any atom is 0.356 e. The fourth-order valence-corrected chi connectivity index (χ4v) is 4.26. The monoisotopic (exact) mass is 427 g/mol. The summed E-state index contributed by atoms with van der Waals surface area (Å²) in [4.78, 5) is 38.2. The normalized spacial score (nSPS) is 15.3. The SMILES string of the molecule is COC(=O)/C(SCC1COc2ccccc21)=C(\C(=O)OC)N(C=O)c1ccccc1. The lowest BCUT2D eigenvalue weighted by Gasteiger charge is -2.22. The van der Waals surface area contributed by atoms with Gasteiger partial charge in [-0.15, -0.1) is 11.8 Å². The van der Waals surface area contributed by atoms with E-state index < -0.39 is 11.9 Å². The molecular formula is C22H21NO6S. The molecule has 0 fully saturated rings. The zero-order valence-electron chi connectivity index (χ0n) is 16.6. The molecular weight excluding hydrogens is 406 g/mol. The molecule has 1 aliphatic rings. The van der Waals surface area contributed by atoms with Gasteiger partial charge in [0, 0.05) is 22.9 Å². The van der Waals surface area contributed by atoms with Crippen LogP contribution in [-0.2, 0) is 23.9 Å². The van der Waals surface area contributed by atoms with Crippen LogP contribution < -0.4 is 9.64 Å². The van der Waals surface area contributed by atoms with E-state index >= 15 is 0 Å². The Morgan fingerprint density at radius 1 is 1.07 bits per heavy atom. The minimum Gasteiger partial charge on any atom is -0.493 e. The highest BCUT2D eigenvalue weighted by atomic mass is 32.2. The lowest BCUT2D eigenvalue weighted by Crippen LogP contribution is -2.30. The number of ether oxygens (including phenoxy) is 3. The highest BCUT2D eigenvalue weighted by Gasteiger charge is 2.31. The molecule has 1 aliphatic heterocycles. The third-order valence-corrected chi connectivity index (χ3v) is 5.79. The largest absolute Gasteiger partial charge is 0.493 e. The molecule has 1 heterocycles. The predicted octanol–water partition coefficient (Wildman–Crippen LogP) is 3.12. The summed E-state index contributed by atoms with van der Waals surface area (Å²) < 4.78 is 15.5. The zero-order chi connectivity index (χ0) is 21.5. The van der Waals surface area contributed by atoms with Crippen LogP contribution in [0.15, 0.2) is 65.2 Å². The van der Waals surface area contributed by atoms with Gasteiger partial charge in [0.2, 0.25) is 6.41 Å². The van der Waals surface area contributed by atoms with Crippen LogP contribution in [-0.4, -0.2) is 44.9 Å². The van der Waals surface area contributed by atoms with E-state index in [1.165, 1.54) is 14.2 Å². The Balaban J connectivity index is 1.99. The number of para-hydroxylation sites is 2. The minimum atomic E-state index is -0.818. The molecule has 0 saturated carbocycles. The minimum absolute atomic E-state index is 0.00955. The number of carbonyl (C=O) groups is 3. The Hall–Kier alpha value is -3.26. The van der Waals surface area contributed by atoms with Crippen LogP contribution in [0.1, 0.15) is 11.5 Å². The molecule has 7 nitrogen and oxygen atoms in total. The molecule has 0 aliphatic carbocycles. The number of rotatable bonds is 8. The van der Waals surface area contributed by atoms with Gasteiger partial charge < -0.3 is 14.2 Å². The van der Waals surface area contributed by atoms with E-state index in [-0.39, 0.29) is 16.5 Å². The van der Waals surface area contributed by atoms with Gasteiger partial charge in [0.15, 0.2) is 5.70 Å². The molecule has 1 unspecified atom stereocenters. The number of benzene rings is 2. The molecule has 0 bridgehead atoms. The van der Waals surface area contributed by atoms with E-state index in [1.54, 1.807) is 30.3 Å². The van der Waals surface area contributed by atoms with Gasteiger partial charge in [-0.2, -0.15) is 0 Å². The van der Waals surface area contributed by atoms with Gasteiger partial charge in [0.25, 0.3) is 0 Å². The average Bonchev–Trinajstić information content (AvgIpc) is 3.21. The Bertz CT molecular complexity index is 959. The first-order chi connectivity index (χ1) is 14.6. The highest BCUT2D eigenvalue weighted by Crippen LogP contribution is 2.38. The first-order valence-corrected chi connectivity index (χ1v) is 10.1. The van der Waals surface area contributed by atoms with Crippen molar-refractivity contribution in [3.63, 3.8) is 0 Å². The number of hydrogen-bond acceptors (Lipinski definition) is 7. The molecule has 1 amide bonds. The molecule has 3 rings (SSSR count). The summed E-state index contributed by atoms with van der Waals surface area (Å²) in [6, 6.07) is 16.2. The third-order valence-electron chi connectivity index (χ3n) is 4.57. The molecule has 0 radical (unpaired) electrons. The van der Waals surface area contributed by atoms with Gasteiger partial charge >= 0.3 is 11.9 Å². The summed E-state index contributed by atoms with van der Waals surface area (Å²) in [7, 11) is 2.41. The maximum atomic E-state index is 12.6. The quantitative estimate of drug-likeness (QED) is 0.364. The maximum absolute atomic E-state index is 12.6. The molecule has 0 saturated heterocycles. The Morgan fingerprint density at radius 3 is 2.40 bits per heavy atom. The van der Waals surface area contributed by atoms with Crippen molar-refractivity contribution in [1.29, 1.82) is 0 Å². The second kappa shape index (κ2) is 9.98. The lowest BCUT2D eigenvalue weighted by atomic mass is 10.0. The topological polar surface area (TPSA) is 82.1 Å². The van der Waals surface area contributed by atoms with Crippen molar-refractivity contribution >= 4 is 35.8 Å². The number of carbonyl (C=O) groups excluding carboxylic acids is 3. The van der Waals surface area contributed by atoms with Crippen molar-refractivity contribution in [3.05, 3.63) is 70.8 Å². The fourth-order valence-electron chi connectivity index (χ4n) is 3.10. The van der Waals surface area contributed by atoms with E-state index in [1.807, 2.05) is 24.3 Å². The van der Waals surface area contributed by atoms with Crippen LogP contribution in [0.2, 0.25) is 0 Å². The molecule has 8 heteroatoms. The standard InChI is InChI=1S/C22H21NO6S/c1-27-21(25)19(23(14-24)16-8-4-3-5-9-16)20(22(26)28-2)30-13-15-12-29-18-11-7-6-10-17(15)18/h3-11,14-15H,12-13H2,1-2H3/b20-19-. The fraction of sp³-hybridized carbons (Fsp3) is 0.227. The molecule has 0 N–H and O–H groups in total. The molecule has 0 spiro atoms. The number of anilines is 1. The molecule has 2 aromatic rings. The van der Waals surface area contributed by atoms with Crippen molar-refractivity contribution in [3.8, 4) is 5.75 Å². The van der Waals surface area contributed by atoms with Crippen molar-refractivity contribution in [2.45, 2.75) is 5.92 Å². The number of hydrogen-bond donors (Lipinski definition) is 0. The van der Waals surface area contributed by atoms with Crippen LogP contribution in [0, 0.1) is 0 Å². The van der Waals surface area contributed by atoms with E-state index in [4.69, 9.17) is 14.2 Å². The highest BCUT2D eigenvalue weighted by molar-refractivity contribution is 8.04. The number of amides is 1. The first-order valence-electron chi connectivity index (χ1n) is 9.15. The van der Waals surface area contributed by atoms with E-state index in [2.05, 4.69) is 0 Å². The van der Waals surface area contributed by atoms with Crippen LogP contribution in [0.3, 0.4) is 0 Å². The predicted molar refractivity (Wildman–Crippen MR) is 113 cm³/mol. The number of methoxy groups -OCH3 is 2. The third kappa shape index (κ3) is 4.49. The summed E-state index contributed by atoms with van der Waals surface area (Å²) in [5.41, 5.74) is 1.26. The van der Waals surface area contributed by atoms with Gasteiger partial charge in [-0.25, -0.2) is 9.59 Å². The van der Waals surface area contributed by atoms with E-state index in [9.17, 15) is 14.4 Å². The smallest absolute Gasteiger partial charge is 0.356 e. The summed E-state index contributed by atoms with van der Waals surface area (Å²) in [5.74, 6) is -0.272. The molecule has 30 heavy (non-hydrogen) atoms. The van der Waals surface area contributed by atoms with Gasteiger partial charge in [-0.3, -0.25) is 9.69 Å². The second-order valence-corrected chi connectivity index (χ2v) is 7.36. The molecule has 0 aromatic heterocycles.